The van der Waals surface area contributed by atoms with Gasteiger partial charge in [0.15, 0.2) is 0 Å². The lowest BCUT2D eigenvalue weighted by Gasteiger charge is -2.27. The summed E-state index contributed by atoms with van der Waals surface area (Å²) in [6, 6.07) is 12.3. The Morgan fingerprint density at radius 1 is 0.897 bits per heavy atom. The Balaban J connectivity index is 1.46. The molecule has 0 N–H and O–H groups in total. The predicted molar refractivity (Wildman–Crippen MR) is 106 cm³/mol. The van der Waals surface area contributed by atoms with Crippen molar-refractivity contribution in [3.8, 4) is 0 Å². The normalized spacial score (nSPS) is 22.6. The van der Waals surface area contributed by atoms with Crippen molar-refractivity contribution in [1.82, 2.24) is 4.90 Å². The van der Waals surface area contributed by atoms with E-state index in [1.165, 1.54) is 24.3 Å². The van der Waals surface area contributed by atoms with Crippen LogP contribution in [0, 0.1) is 17.6 Å². The fourth-order valence-corrected chi connectivity index (χ4v) is 4.35. The molecule has 2 aliphatic rings. The fraction of sp³-hybridized carbons (Fsp3) is 0.391. The molecule has 0 aliphatic carbocycles. The van der Waals surface area contributed by atoms with Crippen LogP contribution in [0.2, 0.25) is 0 Å². The molecule has 2 atom stereocenters. The molecular weight excluding hydrogens is 374 g/mol. The van der Waals surface area contributed by atoms with Crippen LogP contribution in [0.25, 0.3) is 0 Å². The maximum absolute atomic E-state index is 13.3. The molecule has 2 aromatic carbocycles. The van der Waals surface area contributed by atoms with Gasteiger partial charge in [0.25, 0.3) is 0 Å². The number of benzene rings is 2. The Morgan fingerprint density at radius 2 is 1.55 bits per heavy atom. The van der Waals surface area contributed by atoms with Gasteiger partial charge >= 0.3 is 0 Å². The number of halogens is 2. The Hall–Kier alpha value is -2.76. The van der Waals surface area contributed by atoms with E-state index in [2.05, 4.69) is 0 Å². The molecule has 0 radical (unpaired) electrons. The first kappa shape index (κ1) is 19.6. The molecular formula is C23H24F2N2O2. The maximum Gasteiger partial charge on any atom is 0.228 e. The minimum atomic E-state index is -0.389. The van der Waals surface area contributed by atoms with Gasteiger partial charge in [-0.1, -0.05) is 18.6 Å². The first-order chi connectivity index (χ1) is 14.0. The molecule has 6 heteroatoms. The topological polar surface area (TPSA) is 40.6 Å². The molecule has 4 nitrogen and oxygen atoms in total. The zero-order chi connectivity index (χ0) is 20.4. The summed E-state index contributed by atoms with van der Waals surface area (Å²) in [5, 5.41) is 0. The third kappa shape index (κ3) is 4.31. The van der Waals surface area contributed by atoms with Crippen LogP contribution in [0.3, 0.4) is 0 Å². The molecule has 2 aliphatic heterocycles. The summed E-state index contributed by atoms with van der Waals surface area (Å²) in [5.41, 5.74) is 1.66. The molecule has 0 spiro atoms. The zero-order valence-electron chi connectivity index (χ0n) is 16.2. The second kappa shape index (κ2) is 8.31. The van der Waals surface area contributed by atoms with Crippen LogP contribution in [-0.2, 0) is 9.59 Å². The molecule has 2 heterocycles. The van der Waals surface area contributed by atoms with Gasteiger partial charge in [0.05, 0.1) is 5.92 Å². The average Bonchev–Trinajstić information content (AvgIpc) is 2.95. The van der Waals surface area contributed by atoms with E-state index in [1.807, 2.05) is 4.90 Å². The van der Waals surface area contributed by atoms with Gasteiger partial charge in [-0.05, 0) is 54.8 Å². The van der Waals surface area contributed by atoms with Gasteiger partial charge < -0.3 is 9.80 Å². The lowest BCUT2D eigenvalue weighted by atomic mass is 9.94. The van der Waals surface area contributed by atoms with Gasteiger partial charge in [-0.15, -0.1) is 0 Å². The second-order valence-corrected chi connectivity index (χ2v) is 7.91. The summed E-state index contributed by atoms with van der Waals surface area (Å²) in [7, 11) is 0. The van der Waals surface area contributed by atoms with Gasteiger partial charge in [-0.3, -0.25) is 9.59 Å². The van der Waals surface area contributed by atoms with Crippen LogP contribution < -0.4 is 4.90 Å². The molecule has 0 saturated carbocycles. The molecule has 0 aromatic heterocycles. The van der Waals surface area contributed by atoms with E-state index in [0.29, 0.717) is 25.3 Å². The minimum absolute atomic E-state index is 0.00280. The zero-order valence-corrected chi connectivity index (χ0v) is 16.2. The Kier molecular flexibility index (Phi) is 5.60. The van der Waals surface area contributed by atoms with Gasteiger partial charge in [-0.2, -0.15) is 0 Å². The molecule has 0 bridgehead atoms. The highest BCUT2D eigenvalue weighted by Gasteiger charge is 2.38. The summed E-state index contributed by atoms with van der Waals surface area (Å²) in [6.07, 6.45) is 3.07. The van der Waals surface area contributed by atoms with E-state index in [0.717, 1.165) is 24.8 Å². The van der Waals surface area contributed by atoms with Crippen LogP contribution >= 0.6 is 0 Å². The number of hydrogen-bond donors (Lipinski definition) is 0. The highest BCUT2D eigenvalue weighted by atomic mass is 19.1. The van der Waals surface area contributed by atoms with Crippen molar-refractivity contribution in [2.24, 2.45) is 5.92 Å². The highest BCUT2D eigenvalue weighted by molar-refractivity contribution is 6.00. The van der Waals surface area contributed by atoms with Crippen LogP contribution in [0.1, 0.15) is 37.2 Å². The van der Waals surface area contributed by atoms with Crippen molar-refractivity contribution in [2.45, 2.75) is 31.6 Å². The number of anilines is 1. The molecule has 29 heavy (non-hydrogen) atoms. The summed E-state index contributed by atoms with van der Waals surface area (Å²) < 4.78 is 26.4. The van der Waals surface area contributed by atoms with Crippen LogP contribution in [0.15, 0.2) is 48.5 Å². The van der Waals surface area contributed by atoms with Crippen LogP contribution in [-0.4, -0.2) is 36.3 Å². The van der Waals surface area contributed by atoms with E-state index in [1.54, 1.807) is 29.2 Å². The summed E-state index contributed by atoms with van der Waals surface area (Å²) in [5.74, 6) is -0.950. The number of nitrogens with zero attached hydrogens (tertiary/aromatic N) is 2. The van der Waals surface area contributed by atoms with Crippen molar-refractivity contribution in [1.29, 1.82) is 0 Å². The lowest BCUT2D eigenvalue weighted by molar-refractivity contribution is -0.135. The molecule has 4 rings (SSSR count). The third-order valence-corrected chi connectivity index (χ3v) is 5.94. The van der Waals surface area contributed by atoms with E-state index >= 15 is 0 Å². The Bertz CT molecular complexity index is 883. The quantitative estimate of drug-likeness (QED) is 0.781. The van der Waals surface area contributed by atoms with Gasteiger partial charge in [-0.25, -0.2) is 8.78 Å². The smallest absolute Gasteiger partial charge is 0.228 e. The number of amides is 2. The molecule has 152 valence electrons. The average molecular weight is 398 g/mol. The predicted octanol–water partition coefficient (Wildman–Crippen LogP) is 4.11. The number of hydrogen-bond acceptors (Lipinski definition) is 2. The maximum atomic E-state index is 13.3. The summed E-state index contributed by atoms with van der Waals surface area (Å²) >= 11 is 0. The third-order valence-electron chi connectivity index (χ3n) is 5.94. The van der Waals surface area contributed by atoms with Crippen molar-refractivity contribution in [2.75, 3.05) is 24.5 Å². The molecule has 2 amide bonds. The van der Waals surface area contributed by atoms with E-state index < -0.39 is 0 Å². The van der Waals surface area contributed by atoms with E-state index in [9.17, 15) is 18.4 Å². The molecule has 0 unspecified atom stereocenters. The minimum Gasteiger partial charge on any atom is -0.342 e. The monoisotopic (exact) mass is 398 g/mol. The number of carbonyl (C=O) groups is 2. The Morgan fingerprint density at radius 3 is 2.24 bits per heavy atom. The first-order valence-electron chi connectivity index (χ1n) is 10.1. The van der Waals surface area contributed by atoms with Gasteiger partial charge in [0, 0.05) is 37.7 Å². The molecule has 2 aromatic rings. The molecule has 2 saturated heterocycles. The van der Waals surface area contributed by atoms with Crippen molar-refractivity contribution in [3.63, 3.8) is 0 Å². The van der Waals surface area contributed by atoms with Gasteiger partial charge in [0.1, 0.15) is 11.6 Å². The summed E-state index contributed by atoms with van der Waals surface area (Å²) in [4.78, 5) is 29.1. The number of carbonyl (C=O) groups excluding carboxylic acids is 2. The van der Waals surface area contributed by atoms with E-state index in [4.69, 9.17) is 0 Å². The SMILES string of the molecule is O=C([C@H]1CC(=O)N(c2ccc(F)cc2)C1)N1CCCC[C@H](c2ccc(F)cc2)C1. The lowest BCUT2D eigenvalue weighted by Crippen LogP contribution is -2.39. The molecule has 2 fully saturated rings. The van der Waals surface area contributed by atoms with Gasteiger partial charge in [0.2, 0.25) is 11.8 Å². The number of likely N-dealkylation sites (tertiary alicyclic amines) is 1. The van der Waals surface area contributed by atoms with Crippen molar-refractivity contribution >= 4 is 17.5 Å². The standard InChI is InChI=1S/C23H24F2N2O2/c24-19-6-4-16(5-7-19)17-3-1-2-12-26(14-17)23(29)18-13-22(28)27(15-18)21-10-8-20(25)9-11-21/h4-11,17-18H,1-3,12-15H2/t17-,18-/m0/s1. The number of rotatable bonds is 3. The largest absolute Gasteiger partial charge is 0.342 e. The van der Waals surface area contributed by atoms with Crippen LogP contribution in [0.5, 0.6) is 0 Å². The first-order valence-corrected chi connectivity index (χ1v) is 10.1. The Labute approximate surface area is 169 Å². The van der Waals surface area contributed by atoms with E-state index in [-0.39, 0.29) is 41.7 Å². The highest BCUT2D eigenvalue weighted by Crippen LogP contribution is 2.30. The van der Waals surface area contributed by atoms with Crippen LogP contribution in [0.4, 0.5) is 14.5 Å². The second-order valence-electron chi connectivity index (χ2n) is 7.91. The fourth-order valence-electron chi connectivity index (χ4n) is 4.35. The van der Waals surface area contributed by atoms with Crippen molar-refractivity contribution in [3.05, 3.63) is 65.7 Å². The summed E-state index contributed by atoms with van der Waals surface area (Å²) in [6.45, 7) is 1.59. The van der Waals surface area contributed by atoms with Crippen molar-refractivity contribution < 1.29 is 18.4 Å².